The number of hydrogen-bond acceptors (Lipinski definition) is 2. The normalized spacial score (nSPS) is 18.6. The minimum Gasteiger partial charge on any atom is -0.354 e. The molecule has 1 saturated heterocycles. The predicted octanol–water partition coefficient (Wildman–Crippen LogP) is 1.60. The van der Waals surface area contributed by atoms with E-state index >= 15 is 0 Å². The zero-order chi connectivity index (χ0) is 14.5. The Bertz CT molecular complexity index is 471. The highest BCUT2D eigenvalue weighted by Gasteiger charge is 2.33. The van der Waals surface area contributed by atoms with Gasteiger partial charge in [0.25, 0.3) is 0 Å². The Balaban J connectivity index is 1.85. The first-order valence-electron chi connectivity index (χ1n) is 7.18. The Morgan fingerprint density at radius 3 is 2.70 bits per heavy atom. The third kappa shape index (κ3) is 3.83. The molecule has 4 nitrogen and oxygen atoms in total. The van der Waals surface area contributed by atoms with Crippen LogP contribution in [-0.2, 0) is 16.0 Å². The van der Waals surface area contributed by atoms with E-state index in [4.69, 9.17) is 0 Å². The van der Waals surface area contributed by atoms with Crippen LogP contribution in [0.4, 0.5) is 0 Å². The summed E-state index contributed by atoms with van der Waals surface area (Å²) >= 11 is 0. The second kappa shape index (κ2) is 6.55. The summed E-state index contributed by atoms with van der Waals surface area (Å²) in [6.45, 7) is 5.10. The van der Waals surface area contributed by atoms with Crippen molar-refractivity contribution in [1.82, 2.24) is 10.2 Å². The van der Waals surface area contributed by atoms with Crippen LogP contribution >= 0.6 is 0 Å². The van der Waals surface area contributed by atoms with Crippen LogP contribution in [0.3, 0.4) is 0 Å². The summed E-state index contributed by atoms with van der Waals surface area (Å²) in [5.41, 5.74) is 1.22. The van der Waals surface area contributed by atoms with Crippen molar-refractivity contribution in [2.24, 2.45) is 5.92 Å². The standard InChI is InChI=1S/C16H22N2O2/c1-12(2)17-16(20)14-10-15(19)18(11-14)9-8-13-6-4-3-5-7-13/h3-7,12,14H,8-11H2,1-2H3,(H,17,20)/t14-/m1/s1. The van der Waals surface area contributed by atoms with Gasteiger partial charge in [0.2, 0.25) is 11.8 Å². The van der Waals surface area contributed by atoms with Gasteiger partial charge in [0.05, 0.1) is 5.92 Å². The molecule has 20 heavy (non-hydrogen) atoms. The highest BCUT2D eigenvalue weighted by molar-refractivity contribution is 5.89. The molecule has 1 N–H and O–H groups in total. The average Bonchev–Trinajstić information content (AvgIpc) is 2.78. The van der Waals surface area contributed by atoms with Crippen molar-refractivity contribution in [3.05, 3.63) is 35.9 Å². The van der Waals surface area contributed by atoms with Gasteiger partial charge in [0.15, 0.2) is 0 Å². The van der Waals surface area contributed by atoms with E-state index in [0.717, 1.165) is 6.42 Å². The quantitative estimate of drug-likeness (QED) is 0.886. The Hall–Kier alpha value is -1.84. The van der Waals surface area contributed by atoms with Crippen LogP contribution in [0.5, 0.6) is 0 Å². The molecule has 1 aromatic rings. The van der Waals surface area contributed by atoms with Crippen molar-refractivity contribution >= 4 is 11.8 Å². The van der Waals surface area contributed by atoms with E-state index < -0.39 is 0 Å². The number of nitrogens with one attached hydrogen (secondary N) is 1. The van der Waals surface area contributed by atoms with Crippen LogP contribution in [0.15, 0.2) is 30.3 Å². The number of hydrogen-bond donors (Lipinski definition) is 1. The van der Waals surface area contributed by atoms with Crippen molar-refractivity contribution in [1.29, 1.82) is 0 Å². The van der Waals surface area contributed by atoms with Gasteiger partial charge in [0, 0.05) is 25.6 Å². The smallest absolute Gasteiger partial charge is 0.225 e. The van der Waals surface area contributed by atoms with Gasteiger partial charge in [-0.1, -0.05) is 30.3 Å². The molecule has 1 aromatic carbocycles. The highest BCUT2D eigenvalue weighted by atomic mass is 16.2. The second-order valence-corrected chi connectivity index (χ2v) is 5.64. The van der Waals surface area contributed by atoms with Crippen LogP contribution < -0.4 is 5.32 Å². The maximum atomic E-state index is 11.9. The molecule has 1 fully saturated rings. The fraction of sp³-hybridized carbons (Fsp3) is 0.500. The number of benzene rings is 1. The molecule has 0 unspecified atom stereocenters. The summed E-state index contributed by atoms with van der Waals surface area (Å²) in [5.74, 6) is -0.110. The average molecular weight is 274 g/mol. The molecule has 2 amide bonds. The molecule has 4 heteroatoms. The van der Waals surface area contributed by atoms with Crippen molar-refractivity contribution in [3.8, 4) is 0 Å². The maximum Gasteiger partial charge on any atom is 0.225 e. The van der Waals surface area contributed by atoms with Gasteiger partial charge in [-0.3, -0.25) is 9.59 Å². The van der Waals surface area contributed by atoms with E-state index in [9.17, 15) is 9.59 Å². The lowest BCUT2D eigenvalue weighted by Crippen LogP contribution is -2.37. The topological polar surface area (TPSA) is 49.4 Å². The van der Waals surface area contributed by atoms with Gasteiger partial charge in [-0.2, -0.15) is 0 Å². The minimum atomic E-state index is -0.194. The molecule has 108 valence electrons. The summed E-state index contributed by atoms with van der Waals surface area (Å²) in [6.07, 6.45) is 1.18. The van der Waals surface area contributed by atoms with E-state index in [-0.39, 0.29) is 23.8 Å². The summed E-state index contributed by atoms with van der Waals surface area (Å²) in [7, 11) is 0. The Morgan fingerprint density at radius 1 is 1.35 bits per heavy atom. The first-order chi connectivity index (χ1) is 9.56. The van der Waals surface area contributed by atoms with E-state index in [0.29, 0.717) is 19.5 Å². The molecular weight excluding hydrogens is 252 g/mol. The molecule has 1 atom stereocenters. The van der Waals surface area contributed by atoms with Gasteiger partial charge in [-0.05, 0) is 25.8 Å². The lowest BCUT2D eigenvalue weighted by atomic mass is 10.1. The molecule has 0 spiro atoms. The minimum absolute atomic E-state index is 0.00411. The molecule has 1 heterocycles. The number of carbonyl (C=O) groups excluding carboxylic acids is 2. The maximum absolute atomic E-state index is 11.9. The summed E-state index contributed by atoms with van der Waals surface area (Å²) < 4.78 is 0. The molecule has 2 rings (SSSR count). The van der Waals surface area contributed by atoms with Gasteiger partial charge < -0.3 is 10.2 Å². The van der Waals surface area contributed by atoms with E-state index in [2.05, 4.69) is 17.4 Å². The van der Waals surface area contributed by atoms with Crippen molar-refractivity contribution in [2.75, 3.05) is 13.1 Å². The molecule has 0 aliphatic carbocycles. The van der Waals surface area contributed by atoms with Crippen molar-refractivity contribution in [2.45, 2.75) is 32.7 Å². The number of amides is 2. The molecular formula is C16H22N2O2. The summed E-state index contributed by atoms with van der Waals surface area (Å²) in [4.78, 5) is 25.7. The lowest BCUT2D eigenvalue weighted by molar-refractivity contribution is -0.129. The highest BCUT2D eigenvalue weighted by Crippen LogP contribution is 2.18. The van der Waals surface area contributed by atoms with Crippen LogP contribution in [0.25, 0.3) is 0 Å². The van der Waals surface area contributed by atoms with Crippen LogP contribution in [-0.4, -0.2) is 35.8 Å². The zero-order valence-corrected chi connectivity index (χ0v) is 12.1. The largest absolute Gasteiger partial charge is 0.354 e. The lowest BCUT2D eigenvalue weighted by Gasteiger charge is -2.17. The van der Waals surface area contributed by atoms with E-state index in [1.807, 2.05) is 32.0 Å². The van der Waals surface area contributed by atoms with Crippen LogP contribution in [0.2, 0.25) is 0 Å². The Morgan fingerprint density at radius 2 is 2.05 bits per heavy atom. The molecule has 0 saturated carbocycles. The Labute approximate surface area is 120 Å². The Kier molecular flexibility index (Phi) is 4.77. The SMILES string of the molecule is CC(C)NC(=O)[C@@H]1CC(=O)N(CCc2ccccc2)C1. The van der Waals surface area contributed by atoms with Gasteiger partial charge in [0.1, 0.15) is 0 Å². The van der Waals surface area contributed by atoms with Crippen molar-refractivity contribution in [3.63, 3.8) is 0 Å². The second-order valence-electron chi connectivity index (χ2n) is 5.64. The summed E-state index contributed by atoms with van der Waals surface area (Å²) in [5, 5.41) is 2.88. The number of rotatable bonds is 5. The van der Waals surface area contributed by atoms with Crippen molar-refractivity contribution < 1.29 is 9.59 Å². The van der Waals surface area contributed by atoms with Gasteiger partial charge in [-0.15, -0.1) is 0 Å². The molecule has 0 bridgehead atoms. The number of carbonyl (C=O) groups is 2. The van der Waals surface area contributed by atoms with Gasteiger partial charge >= 0.3 is 0 Å². The zero-order valence-electron chi connectivity index (χ0n) is 12.1. The molecule has 1 aliphatic rings. The summed E-state index contributed by atoms with van der Waals surface area (Å²) in [6, 6.07) is 10.2. The fourth-order valence-electron chi connectivity index (χ4n) is 2.47. The monoisotopic (exact) mass is 274 g/mol. The molecule has 0 radical (unpaired) electrons. The van der Waals surface area contributed by atoms with Gasteiger partial charge in [-0.25, -0.2) is 0 Å². The number of nitrogens with zero attached hydrogens (tertiary/aromatic N) is 1. The predicted molar refractivity (Wildman–Crippen MR) is 78.1 cm³/mol. The van der Waals surface area contributed by atoms with Crippen LogP contribution in [0, 0.1) is 5.92 Å². The third-order valence-corrected chi connectivity index (χ3v) is 3.53. The van der Waals surface area contributed by atoms with E-state index in [1.165, 1.54) is 5.56 Å². The first-order valence-corrected chi connectivity index (χ1v) is 7.18. The third-order valence-electron chi connectivity index (χ3n) is 3.53. The van der Waals surface area contributed by atoms with E-state index in [1.54, 1.807) is 4.90 Å². The van der Waals surface area contributed by atoms with Crippen LogP contribution in [0.1, 0.15) is 25.8 Å². The number of likely N-dealkylation sites (tertiary alicyclic amines) is 1. The molecule has 1 aliphatic heterocycles. The first kappa shape index (κ1) is 14.6. The fourth-order valence-corrected chi connectivity index (χ4v) is 2.47. The molecule has 0 aromatic heterocycles.